The van der Waals surface area contributed by atoms with E-state index in [1.807, 2.05) is 24.3 Å². The number of nitrogens with one attached hydrogen (secondary N) is 1. The zero-order valence-electron chi connectivity index (χ0n) is 9.94. The number of ether oxygens (including phenoxy) is 1. The van der Waals surface area contributed by atoms with Crippen molar-refractivity contribution in [3.63, 3.8) is 0 Å². The van der Waals surface area contributed by atoms with E-state index in [0.717, 1.165) is 35.7 Å². The van der Waals surface area contributed by atoms with Crippen LogP contribution in [0.25, 0.3) is 6.08 Å². The first-order valence-corrected chi connectivity index (χ1v) is 6.28. The Morgan fingerprint density at radius 1 is 1.00 bits per heavy atom. The maximum Gasteiger partial charge on any atom is 0.151 e. The van der Waals surface area contributed by atoms with Crippen molar-refractivity contribution in [3.8, 4) is 11.5 Å². The fourth-order valence-corrected chi connectivity index (χ4v) is 2.64. The molecule has 0 saturated carbocycles. The van der Waals surface area contributed by atoms with E-state index in [4.69, 9.17) is 4.74 Å². The van der Waals surface area contributed by atoms with Gasteiger partial charge in [-0.2, -0.15) is 0 Å². The van der Waals surface area contributed by atoms with Gasteiger partial charge in [0.1, 0.15) is 0 Å². The molecule has 0 unspecified atom stereocenters. The molecule has 0 atom stereocenters. The van der Waals surface area contributed by atoms with E-state index < -0.39 is 0 Å². The molecule has 2 heteroatoms. The van der Waals surface area contributed by atoms with Crippen molar-refractivity contribution in [3.05, 3.63) is 53.6 Å². The van der Waals surface area contributed by atoms with Crippen molar-refractivity contribution in [2.75, 3.05) is 5.32 Å². The molecule has 4 rings (SSSR count). The van der Waals surface area contributed by atoms with Crippen molar-refractivity contribution < 1.29 is 4.74 Å². The molecule has 0 aromatic heterocycles. The molecular weight excluding hydrogens is 222 g/mol. The Bertz CT molecular complexity index is 658. The minimum atomic E-state index is 0.899. The normalized spacial score (nSPS) is 14.9. The number of para-hydroxylation sites is 2. The molecule has 2 aromatic rings. The maximum atomic E-state index is 5.96. The van der Waals surface area contributed by atoms with Gasteiger partial charge in [0.25, 0.3) is 0 Å². The molecule has 2 nitrogen and oxygen atoms in total. The van der Waals surface area contributed by atoms with Crippen LogP contribution in [0.3, 0.4) is 0 Å². The summed E-state index contributed by atoms with van der Waals surface area (Å²) >= 11 is 0. The van der Waals surface area contributed by atoms with Gasteiger partial charge < -0.3 is 10.1 Å². The van der Waals surface area contributed by atoms with Gasteiger partial charge in [-0.1, -0.05) is 30.4 Å². The van der Waals surface area contributed by atoms with Crippen molar-refractivity contribution in [1.82, 2.24) is 0 Å². The second-order valence-electron chi connectivity index (χ2n) is 4.67. The molecule has 0 fully saturated rings. The highest BCUT2D eigenvalue weighted by atomic mass is 16.5. The highest BCUT2D eigenvalue weighted by Crippen LogP contribution is 2.45. The van der Waals surface area contributed by atoms with Gasteiger partial charge >= 0.3 is 0 Å². The summed E-state index contributed by atoms with van der Waals surface area (Å²) in [5.74, 6) is 1.83. The monoisotopic (exact) mass is 235 g/mol. The Hall–Kier alpha value is -2.22. The van der Waals surface area contributed by atoms with E-state index in [1.54, 1.807) is 0 Å². The number of hydrogen-bond acceptors (Lipinski definition) is 2. The van der Waals surface area contributed by atoms with Crippen LogP contribution in [-0.4, -0.2) is 0 Å². The SMILES string of the molecule is C1=Cc2ccc3c(c2CC1)Nc1ccccc1O3. The predicted octanol–water partition coefficient (Wildman–Crippen LogP) is 4.50. The summed E-state index contributed by atoms with van der Waals surface area (Å²) in [7, 11) is 0. The lowest BCUT2D eigenvalue weighted by molar-refractivity contribution is 0.480. The average Bonchev–Trinajstić information content (AvgIpc) is 2.45. The highest BCUT2D eigenvalue weighted by Gasteiger charge is 2.21. The first kappa shape index (κ1) is 9.77. The van der Waals surface area contributed by atoms with E-state index in [1.165, 1.54) is 11.1 Å². The van der Waals surface area contributed by atoms with Crippen molar-refractivity contribution in [1.29, 1.82) is 0 Å². The number of allylic oxidation sites excluding steroid dienone is 1. The Kier molecular flexibility index (Phi) is 1.97. The van der Waals surface area contributed by atoms with Crippen LogP contribution in [0.15, 0.2) is 42.5 Å². The average molecular weight is 235 g/mol. The molecular formula is C16H13NO. The summed E-state index contributed by atoms with van der Waals surface area (Å²) < 4.78 is 5.96. The maximum absolute atomic E-state index is 5.96. The topological polar surface area (TPSA) is 21.3 Å². The van der Waals surface area contributed by atoms with Gasteiger partial charge in [0.05, 0.1) is 11.4 Å². The third-order valence-corrected chi connectivity index (χ3v) is 3.54. The van der Waals surface area contributed by atoms with Gasteiger partial charge in [-0.15, -0.1) is 0 Å². The van der Waals surface area contributed by atoms with Gasteiger partial charge in [0.2, 0.25) is 0 Å². The summed E-state index contributed by atoms with van der Waals surface area (Å²) in [6.07, 6.45) is 6.61. The molecule has 2 aromatic carbocycles. The minimum absolute atomic E-state index is 0.899. The second kappa shape index (κ2) is 3.64. The van der Waals surface area contributed by atoms with Crippen LogP contribution in [0.2, 0.25) is 0 Å². The lowest BCUT2D eigenvalue weighted by Crippen LogP contribution is -2.07. The van der Waals surface area contributed by atoms with Crippen molar-refractivity contribution >= 4 is 17.5 Å². The number of hydrogen-bond donors (Lipinski definition) is 1. The Balaban J connectivity index is 1.89. The van der Waals surface area contributed by atoms with E-state index in [9.17, 15) is 0 Å². The van der Waals surface area contributed by atoms with Gasteiger partial charge in [0, 0.05) is 0 Å². The number of benzene rings is 2. The van der Waals surface area contributed by atoms with Crippen LogP contribution >= 0.6 is 0 Å². The first-order chi connectivity index (χ1) is 8.92. The zero-order chi connectivity index (χ0) is 11.9. The fourth-order valence-electron chi connectivity index (χ4n) is 2.64. The molecule has 1 heterocycles. The Morgan fingerprint density at radius 2 is 1.94 bits per heavy atom. The highest BCUT2D eigenvalue weighted by molar-refractivity contribution is 5.81. The van der Waals surface area contributed by atoms with Gasteiger partial charge in [-0.3, -0.25) is 0 Å². The lowest BCUT2D eigenvalue weighted by atomic mass is 9.94. The summed E-state index contributed by atoms with van der Waals surface area (Å²) in [4.78, 5) is 0. The first-order valence-electron chi connectivity index (χ1n) is 6.28. The van der Waals surface area contributed by atoms with Crippen LogP contribution < -0.4 is 10.1 Å². The summed E-state index contributed by atoms with van der Waals surface area (Å²) in [5, 5.41) is 3.51. The summed E-state index contributed by atoms with van der Waals surface area (Å²) in [6, 6.07) is 12.2. The predicted molar refractivity (Wildman–Crippen MR) is 73.6 cm³/mol. The third-order valence-electron chi connectivity index (χ3n) is 3.54. The summed E-state index contributed by atoms with van der Waals surface area (Å²) in [5.41, 5.74) is 4.85. The zero-order valence-corrected chi connectivity index (χ0v) is 9.94. The molecule has 88 valence electrons. The van der Waals surface area contributed by atoms with Gasteiger partial charge in [-0.05, 0) is 42.2 Å². The van der Waals surface area contributed by atoms with Crippen molar-refractivity contribution in [2.45, 2.75) is 12.8 Å². The number of fused-ring (bicyclic) bond motifs is 4. The van der Waals surface area contributed by atoms with Crippen LogP contribution in [0.5, 0.6) is 11.5 Å². The van der Waals surface area contributed by atoms with Crippen LogP contribution in [-0.2, 0) is 6.42 Å². The van der Waals surface area contributed by atoms with Crippen LogP contribution in [0.1, 0.15) is 17.5 Å². The quantitative estimate of drug-likeness (QED) is 0.619. The standard InChI is InChI=1S/C16H13NO/c1-2-6-12-11(5-1)9-10-15-16(12)17-13-7-3-4-8-14(13)18-15/h1,3-5,7-10,17H,2,6H2. The molecule has 1 aliphatic heterocycles. The molecule has 0 saturated heterocycles. The molecule has 18 heavy (non-hydrogen) atoms. The van der Waals surface area contributed by atoms with E-state index in [0.29, 0.717) is 0 Å². The molecule has 1 N–H and O–H groups in total. The molecule has 0 spiro atoms. The largest absolute Gasteiger partial charge is 0.453 e. The van der Waals surface area contributed by atoms with Gasteiger partial charge in [0.15, 0.2) is 11.5 Å². The second-order valence-corrected chi connectivity index (χ2v) is 4.67. The minimum Gasteiger partial charge on any atom is -0.453 e. The van der Waals surface area contributed by atoms with Gasteiger partial charge in [-0.25, -0.2) is 0 Å². The molecule has 1 aliphatic carbocycles. The smallest absolute Gasteiger partial charge is 0.151 e. The number of anilines is 2. The number of rotatable bonds is 0. The Labute approximate surface area is 106 Å². The molecule has 0 amide bonds. The fraction of sp³-hybridized carbons (Fsp3) is 0.125. The molecule has 2 aliphatic rings. The molecule has 0 bridgehead atoms. The summed E-state index contributed by atoms with van der Waals surface area (Å²) in [6.45, 7) is 0. The Morgan fingerprint density at radius 3 is 2.94 bits per heavy atom. The van der Waals surface area contributed by atoms with Crippen LogP contribution in [0.4, 0.5) is 11.4 Å². The molecule has 0 radical (unpaired) electrons. The van der Waals surface area contributed by atoms with E-state index >= 15 is 0 Å². The van der Waals surface area contributed by atoms with E-state index in [-0.39, 0.29) is 0 Å². The van der Waals surface area contributed by atoms with Crippen LogP contribution in [0, 0.1) is 0 Å². The van der Waals surface area contributed by atoms with Crippen molar-refractivity contribution in [2.24, 2.45) is 0 Å². The lowest BCUT2D eigenvalue weighted by Gasteiger charge is -2.26. The van der Waals surface area contributed by atoms with E-state index in [2.05, 4.69) is 29.6 Å². The third kappa shape index (κ3) is 1.35.